The maximum absolute atomic E-state index is 12.1. The number of unbranched alkanes of at least 4 members (excludes halogenated alkanes) is 2. The van der Waals surface area contributed by atoms with Gasteiger partial charge in [-0.05, 0) is 24.6 Å². The van der Waals surface area contributed by atoms with Gasteiger partial charge in [-0.1, -0.05) is 19.8 Å². The summed E-state index contributed by atoms with van der Waals surface area (Å²) in [6, 6.07) is 5.34. The van der Waals surface area contributed by atoms with Crippen LogP contribution in [0.15, 0.2) is 18.2 Å². The summed E-state index contributed by atoms with van der Waals surface area (Å²) >= 11 is 0. The first-order chi connectivity index (χ1) is 13.4. The number of H-pyrrole nitrogens is 1. The molecular formula is C19H28N4O4S. The van der Waals surface area contributed by atoms with Gasteiger partial charge in [0.05, 0.1) is 36.5 Å². The van der Waals surface area contributed by atoms with E-state index in [2.05, 4.69) is 20.2 Å². The van der Waals surface area contributed by atoms with E-state index in [0.29, 0.717) is 12.1 Å². The van der Waals surface area contributed by atoms with Crippen molar-refractivity contribution >= 4 is 32.5 Å². The number of anilines is 1. The molecule has 1 aromatic heterocycles. The lowest BCUT2D eigenvalue weighted by molar-refractivity contribution is -0.113. The van der Waals surface area contributed by atoms with Crippen LogP contribution in [0.5, 0.6) is 0 Å². The fraction of sp³-hybridized carbons (Fsp3) is 0.579. The number of benzene rings is 1. The van der Waals surface area contributed by atoms with Crippen molar-refractivity contribution in [2.24, 2.45) is 0 Å². The predicted octanol–water partition coefficient (Wildman–Crippen LogP) is 1.94. The number of hydrogen-bond donors (Lipinski definition) is 2. The summed E-state index contributed by atoms with van der Waals surface area (Å²) in [5, 5.41) is 2.68. The van der Waals surface area contributed by atoms with E-state index in [1.165, 1.54) is 0 Å². The Morgan fingerprint density at radius 2 is 2.07 bits per heavy atom. The number of carbonyl (C=O) groups excluding carboxylic acids is 1. The van der Waals surface area contributed by atoms with Gasteiger partial charge in [-0.2, -0.15) is 0 Å². The summed E-state index contributed by atoms with van der Waals surface area (Å²) in [5.41, 5.74) is 2.18. The molecule has 2 heterocycles. The number of nitrogens with zero attached hydrogens (tertiary/aromatic N) is 2. The zero-order valence-corrected chi connectivity index (χ0v) is 17.1. The van der Waals surface area contributed by atoms with Crippen LogP contribution < -0.4 is 5.32 Å². The van der Waals surface area contributed by atoms with E-state index in [1.807, 2.05) is 13.0 Å². The van der Waals surface area contributed by atoms with E-state index in [4.69, 9.17) is 4.74 Å². The van der Waals surface area contributed by atoms with E-state index in [-0.39, 0.29) is 5.75 Å². The number of aromatic amines is 1. The zero-order chi connectivity index (χ0) is 20.0. The van der Waals surface area contributed by atoms with Crippen molar-refractivity contribution in [3.63, 3.8) is 0 Å². The van der Waals surface area contributed by atoms with Gasteiger partial charge in [-0.3, -0.25) is 9.69 Å². The number of ether oxygens (including phenoxy) is 1. The highest BCUT2D eigenvalue weighted by Crippen LogP contribution is 2.18. The lowest BCUT2D eigenvalue weighted by Gasteiger charge is -2.25. The highest BCUT2D eigenvalue weighted by Gasteiger charge is 2.17. The minimum absolute atomic E-state index is 0.0543. The molecule has 2 aromatic rings. The molecule has 1 aromatic carbocycles. The Balaban J connectivity index is 1.59. The quantitative estimate of drug-likeness (QED) is 0.615. The first-order valence-corrected chi connectivity index (χ1v) is 11.6. The standard InChI is InChI=1S/C19H28N4O4S/c1-2-3-4-11-28(25,26)14-19(24)20-15-5-6-16-17(12-15)22-18(21-16)13-23-7-9-27-10-8-23/h5-6,12H,2-4,7-11,13-14H2,1H3,(H,20,24)(H,21,22). The Morgan fingerprint density at radius 3 is 2.82 bits per heavy atom. The van der Waals surface area contributed by atoms with Crippen LogP contribution in [0.2, 0.25) is 0 Å². The normalized spacial score (nSPS) is 15.8. The Bertz CT molecular complexity index is 904. The number of hydrogen-bond acceptors (Lipinski definition) is 6. The molecule has 1 fully saturated rings. The van der Waals surface area contributed by atoms with Gasteiger partial charge >= 0.3 is 0 Å². The van der Waals surface area contributed by atoms with Gasteiger partial charge in [0, 0.05) is 18.8 Å². The predicted molar refractivity (Wildman–Crippen MR) is 109 cm³/mol. The summed E-state index contributed by atoms with van der Waals surface area (Å²) in [6.45, 7) is 5.96. The fourth-order valence-corrected chi connectivity index (χ4v) is 4.49. The highest BCUT2D eigenvalue weighted by atomic mass is 32.2. The van der Waals surface area contributed by atoms with Gasteiger partial charge in [0.1, 0.15) is 11.6 Å². The molecular weight excluding hydrogens is 380 g/mol. The van der Waals surface area contributed by atoms with Crippen molar-refractivity contribution in [1.29, 1.82) is 0 Å². The molecule has 1 aliphatic rings. The molecule has 0 spiro atoms. The third kappa shape index (κ3) is 6.02. The van der Waals surface area contributed by atoms with Crippen LogP contribution in [0.4, 0.5) is 5.69 Å². The van der Waals surface area contributed by atoms with E-state index in [1.54, 1.807) is 12.1 Å². The Morgan fingerprint density at radius 1 is 1.29 bits per heavy atom. The molecule has 0 atom stereocenters. The van der Waals surface area contributed by atoms with Crippen molar-refractivity contribution < 1.29 is 17.9 Å². The molecule has 2 N–H and O–H groups in total. The van der Waals surface area contributed by atoms with Gasteiger partial charge in [0.15, 0.2) is 9.84 Å². The van der Waals surface area contributed by atoms with Crippen LogP contribution in [-0.2, 0) is 25.9 Å². The van der Waals surface area contributed by atoms with Crippen LogP contribution in [0, 0.1) is 0 Å². The smallest absolute Gasteiger partial charge is 0.239 e. The number of imidazole rings is 1. The molecule has 0 bridgehead atoms. The number of morpholine rings is 1. The second-order valence-electron chi connectivity index (χ2n) is 7.15. The molecule has 0 unspecified atom stereocenters. The molecule has 154 valence electrons. The van der Waals surface area contributed by atoms with Crippen LogP contribution in [0.25, 0.3) is 11.0 Å². The third-order valence-corrected chi connectivity index (χ3v) is 6.31. The molecule has 8 nitrogen and oxygen atoms in total. The first-order valence-electron chi connectivity index (χ1n) is 9.74. The monoisotopic (exact) mass is 408 g/mol. The second-order valence-corrected chi connectivity index (χ2v) is 9.34. The van der Waals surface area contributed by atoms with Gasteiger partial charge in [0.2, 0.25) is 5.91 Å². The van der Waals surface area contributed by atoms with Crippen LogP contribution in [0.1, 0.15) is 32.0 Å². The van der Waals surface area contributed by atoms with Gasteiger partial charge in [-0.15, -0.1) is 0 Å². The maximum Gasteiger partial charge on any atom is 0.239 e. The third-order valence-electron chi connectivity index (χ3n) is 4.70. The van der Waals surface area contributed by atoms with Crippen LogP contribution in [-0.4, -0.2) is 67.0 Å². The summed E-state index contributed by atoms with van der Waals surface area (Å²) < 4.78 is 29.4. The summed E-state index contributed by atoms with van der Waals surface area (Å²) in [4.78, 5) is 22.3. The first kappa shape index (κ1) is 20.8. The average molecular weight is 409 g/mol. The van der Waals surface area contributed by atoms with Crippen LogP contribution >= 0.6 is 0 Å². The van der Waals surface area contributed by atoms with Crippen molar-refractivity contribution in [3.05, 3.63) is 24.0 Å². The second kappa shape index (κ2) is 9.49. The molecule has 1 saturated heterocycles. The summed E-state index contributed by atoms with van der Waals surface area (Å²) in [7, 11) is -3.38. The van der Waals surface area contributed by atoms with Crippen molar-refractivity contribution in [1.82, 2.24) is 14.9 Å². The van der Waals surface area contributed by atoms with E-state index in [9.17, 15) is 13.2 Å². The van der Waals surface area contributed by atoms with Crippen LogP contribution in [0.3, 0.4) is 0 Å². The largest absolute Gasteiger partial charge is 0.379 e. The molecule has 0 radical (unpaired) electrons. The van der Waals surface area contributed by atoms with Gasteiger partial charge in [-0.25, -0.2) is 13.4 Å². The summed E-state index contributed by atoms with van der Waals surface area (Å²) in [6.07, 6.45) is 2.39. The maximum atomic E-state index is 12.1. The molecule has 1 amide bonds. The van der Waals surface area contributed by atoms with Crippen molar-refractivity contribution in [3.8, 4) is 0 Å². The van der Waals surface area contributed by atoms with Gasteiger partial charge in [0.25, 0.3) is 0 Å². The molecule has 1 aliphatic heterocycles. The molecule has 0 aliphatic carbocycles. The number of amides is 1. The number of sulfone groups is 1. The number of carbonyl (C=O) groups is 1. The Kier molecular flexibility index (Phi) is 7.03. The zero-order valence-electron chi connectivity index (χ0n) is 16.2. The SMILES string of the molecule is CCCCCS(=O)(=O)CC(=O)Nc1ccc2nc(CN3CCOCC3)[nH]c2c1. The molecule has 28 heavy (non-hydrogen) atoms. The molecule has 0 saturated carbocycles. The minimum Gasteiger partial charge on any atom is -0.379 e. The lowest BCUT2D eigenvalue weighted by Crippen LogP contribution is -2.35. The molecule has 9 heteroatoms. The van der Waals surface area contributed by atoms with E-state index < -0.39 is 21.5 Å². The van der Waals surface area contributed by atoms with Gasteiger partial charge < -0.3 is 15.0 Å². The number of nitrogens with one attached hydrogen (secondary N) is 2. The van der Waals surface area contributed by atoms with E-state index in [0.717, 1.165) is 62.5 Å². The fourth-order valence-electron chi connectivity index (χ4n) is 3.23. The van der Waals surface area contributed by atoms with Crippen molar-refractivity contribution in [2.45, 2.75) is 32.7 Å². The minimum atomic E-state index is -3.38. The highest BCUT2D eigenvalue weighted by molar-refractivity contribution is 7.92. The average Bonchev–Trinajstić information content (AvgIpc) is 3.03. The number of fused-ring (bicyclic) bond motifs is 1. The van der Waals surface area contributed by atoms with E-state index >= 15 is 0 Å². The Labute approximate surface area is 165 Å². The number of aromatic nitrogens is 2. The summed E-state index contributed by atoms with van der Waals surface area (Å²) in [5.74, 6) is -0.0820. The topological polar surface area (TPSA) is 104 Å². The lowest BCUT2D eigenvalue weighted by atomic mass is 10.3. The number of rotatable bonds is 9. The Hall–Kier alpha value is -1.97. The molecule has 3 rings (SSSR count). The van der Waals surface area contributed by atoms with Crippen molar-refractivity contribution in [2.75, 3.05) is 43.1 Å².